The molecule has 0 spiro atoms. The SMILES string of the molecule is CCCN(CCC)C(=O)CN(C)Cc1c(C)noc1C. The number of amides is 1. The minimum absolute atomic E-state index is 0.197. The van der Waals surface area contributed by atoms with Crippen molar-refractivity contribution in [3.63, 3.8) is 0 Å². The number of carbonyl (C=O) groups is 1. The lowest BCUT2D eigenvalue weighted by Crippen LogP contribution is -2.39. The highest BCUT2D eigenvalue weighted by molar-refractivity contribution is 5.78. The predicted molar refractivity (Wildman–Crippen MR) is 79.5 cm³/mol. The van der Waals surface area contributed by atoms with Crippen molar-refractivity contribution in [2.24, 2.45) is 0 Å². The minimum Gasteiger partial charge on any atom is -0.361 e. The summed E-state index contributed by atoms with van der Waals surface area (Å²) in [5, 5.41) is 3.95. The van der Waals surface area contributed by atoms with Crippen molar-refractivity contribution in [1.29, 1.82) is 0 Å². The third kappa shape index (κ3) is 4.63. The molecule has 0 N–H and O–H groups in total. The van der Waals surface area contributed by atoms with E-state index in [-0.39, 0.29) is 5.91 Å². The van der Waals surface area contributed by atoms with Crippen LogP contribution >= 0.6 is 0 Å². The first-order valence-corrected chi connectivity index (χ1v) is 7.37. The van der Waals surface area contributed by atoms with E-state index in [1.165, 1.54) is 0 Å². The number of rotatable bonds is 8. The average Bonchev–Trinajstić information content (AvgIpc) is 2.70. The first-order chi connectivity index (χ1) is 9.49. The molecule has 0 aromatic carbocycles. The van der Waals surface area contributed by atoms with E-state index in [4.69, 9.17) is 4.52 Å². The molecule has 5 heteroatoms. The van der Waals surface area contributed by atoms with Crippen LogP contribution in [0.15, 0.2) is 4.52 Å². The van der Waals surface area contributed by atoms with E-state index in [0.29, 0.717) is 13.1 Å². The molecule has 0 aliphatic carbocycles. The fourth-order valence-electron chi connectivity index (χ4n) is 2.29. The van der Waals surface area contributed by atoms with Gasteiger partial charge in [0, 0.05) is 25.2 Å². The molecule has 0 radical (unpaired) electrons. The third-order valence-electron chi connectivity index (χ3n) is 3.35. The van der Waals surface area contributed by atoms with Crippen LogP contribution in [0, 0.1) is 13.8 Å². The fraction of sp³-hybridized carbons (Fsp3) is 0.733. The molecule has 0 bridgehead atoms. The van der Waals surface area contributed by atoms with Gasteiger partial charge in [0.1, 0.15) is 5.76 Å². The maximum absolute atomic E-state index is 12.3. The molecule has 0 fully saturated rings. The lowest BCUT2D eigenvalue weighted by atomic mass is 10.2. The summed E-state index contributed by atoms with van der Waals surface area (Å²) in [7, 11) is 1.96. The number of aryl methyl sites for hydroxylation is 2. The van der Waals surface area contributed by atoms with Gasteiger partial charge in [0.25, 0.3) is 0 Å². The second-order valence-electron chi connectivity index (χ2n) is 5.36. The summed E-state index contributed by atoms with van der Waals surface area (Å²) >= 11 is 0. The average molecular weight is 281 g/mol. The smallest absolute Gasteiger partial charge is 0.236 e. The summed E-state index contributed by atoms with van der Waals surface area (Å²) in [6, 6.07) is 0. The number of aromatic nitrogens is 1. The molecule has 0 atom stereocenters. The molecular weight excluding hydrogens is 254 g/mol. The van der Waals surface area contributed by atoms with Gasteiger partial charge in [-0.2, -0.15) is 0 Å². The van der Waals surface area contributed by atoms with Crippen LogP contribution in [0.25, 0.3) is 0 Å². The Balaban J connectivity index is 2.56. The van der Waals surface area contributed by atoms with E-state index in [0.717, 1.165) is 42.9 Å². The Morgan fingerprint density at radius 2 is 1.80 bits per heavy atom. The van der Waals surface area contributed by atoms with Gasteiger partial charge in [0.15, 0.2) is 0 Å². The number of nitrogens with zero attached hydrogens (tertiary/aromatic N) is 3. The van der Waals surface area contributed by atoms with Gasteiger partial charge in [-0.1, -0.05) is 19.0 Å². The number of carbonyl (C=O) groups excluding carboxylic acids is 1. The Morgan fingerprint density at radius 3 is 2.25 bits per heavy atom. The third-order valence-corrected chi connectivity index (χ3v) is 3.35. The van der Waals surface area contributed by atoms with Crippen molar-refractivity contribution < 1.29 is 9.32 Å². The fourth-order valence-corrected chi connectivity index (χ4v) is 2.29. The van der Waals surface area contributed by atoms with Crippen molar-refractivity contribution in [3.8, 4) is 0 Å². The van der Waals surface area contributed by atoms with Crippen LogP contribution in [-0.2, 0) is 11.3 Å². The van der Waals surface area contributed by atoms with Gasteiger partial charge in [-0.15, -0.1) is 0 Å². The Labute approximate surface area is 121 Å². The molecule has 0 aliphatic heterocycles. The highest BCUT2D eigenvalue weighted by Crippen LogP contribution is 2.14. The van der Waals surface area contributed by atoms with Crippen LogP contribution in [0.2, 0.25) is 0 Å². The normalized spacial score (nSPS) is 11.1. The molecule has 0 saturated carbocycles. The first-order valence-electron chi connectivity index (χ1n) is 7.37. The summed E-state index contributed by atoms with van der Waals surface area (Å²) in [5.41, 5.74) is 1.98. The van der Waals surface area contributed by atoms with Gasteiger partial charge in [0.05, 0.1) is 12.2 Å². The van der Waals surface area contributed by atoms with Crippen molar-refractivity contribution >= 4 is 5.91 Å². The number of hydrogen-bond donors (Lipinski definition) is 0. The van der Waals surface area contributed by atoms with Gasteiger partial charge in [-0.05, 0) is 33.7 Å². The molecule has 0 unspecified atom stereocenters. The second kappa shape index (κ2) is 8.04. The van der Waals surface area contributed by atoms with Gasteiger partial charge in [0.2, 0.25) is 5.91 Å². The summed E-state index contributed by atoms with van der Waals surface area (Å²) in [5.74, 6) is 1.03. The highest BCUT2D eigenvalue weighted by atomic mass is 16.5. The van der Waals surface area contributed by atoms with Crippen LogP contribution < -0.4 is 0 Å². The molecule has 114 valence electrons. The quantitative estimate of drug-likeness (QED) is 0.734. The molecule has 5 nitrogen and oxygen atoms in total. The highest BCUT2D eigenvalue weighted by Gasteiger charge is 2.17. The van der Waals surface area contributed by atoms with Crippen LogP contribution in [0.1, 0.15) is 43.7 Å². The van der Waals surface area contributed by atoms with Gasteiger partial charge < -0.3 is 9.42 Å². The lowest BCUT2D eigenvalue weighted by molar-refractivity contribution is -0.132. The van der Waals surface area contributed by atoms with Gasteiger partial charge in [-0.25, -0.2) is 0 Å². The summed E-state index contributed by atoms with van der Waals surface area (Å²) < 4.78 is 5.15. The zero-order chi connectivity index (χ0) is 15.1. The predicted octanol–water partition coefficient (Wildman–Crippen LogP) is 2.37. The van der Waals surface area contributed by atoms with Crippen molar-refractivity contribution in [2.75, 3.05) is 26.7 Å². The monoisotopic (exact) mass is 281 g/mol. The largest absolute Gasteiger partial charge is 0.361 e. The van der Waals surface area contributed by atoms with E-state index in [1.807, 2.05) is 30.7 Å². The molecule has 1 aromatic heterocycles. The van der Waals surface area contributed by atoms with Crippen LogP contribution in [0.4, 0.5) is 0 Å². The lowest BCUT2D eigenvalue weighted by Gasteiger charge is -2.24. The maximum atomic E-state index is 12.3. The molecule has 20 heavy (non-hydrogen) atoms. The van der Waals surface area contributed by atoms with Crippen molar-refractivity contribution in [2.45, 2.75) is 47.1 Å². The van der Waals surface area contributed by atoms with Gasteiger partial charge >= 0.3 is 0 Å². The van der Waals surface area contributed by atoms with Crippen LogP contribution in [-0.4, -0.2) is 47.5 Å². The summed E-state index contributed by atoms with van der Waals surface area (Å²) in [6.45, 7) is 10.8. The van der Waals surface area contributed by atoms with E-state index in [1.54, 1.807) is 0 Å². The van der Waals surface area contributed by atoms with Crippen LogP contribution in [0.5, 0.6) is 0 Å². The topological polar surface area (TPSA) is 49.6 Å². The Kier molecular flexibility index (Phi) is 6.71. The summed E-state index contributed by atoms with van der Waals surface area (Å²) in [4.78, 5) is 16.2. The standard InChI is InChI=1S/C15H27N3O2/c1-6-8-18(9-7-2)15(19)11-17(5)10-14-12(3)16-20-13(14)4/h6-11H2,1-5H3. The zero-order valence-corrected chi connectivity index (χ0v) is 13.4. The first kappa shape index (κ1) is 16.7. The van der Waals surface area contributed by atoms with Crippen LogP contribution in [0.3, 0.4) is 0 Å². The molecule has 1 heterocycles. The Bertz CT molecular complexity index is 403. The molecular formula is C15H27N3O2. The minimum atomic E-state index is 0.197. The van der Waals surface area contributed by atoms with Crippen molar-refractivity contribution in [1.82, 2.24) is 15.0 Å². The van der Waals surface area contributed by atoms with E-state index < -0.39 is 0 Å². The molecule has 1 aromatic rings. The van der Waals surface area contributed by atoms with Gasteiger partial charge in [-0.3, -0.25) is 9.69 Å². The number of likely N-dealkylation sites (N-methyl/N-ethyl adjacent to an activating group) is 1. The van der Waals surface area contributed by atoms with E-state index in [9.17, 15) is 4.79 Å². The van der Waals surface area contributed by atoms with E-state index in [2.05, 4.69) is 19.0 Å². The zero-order valence-electron chi connectivity index (χ0n) is 13.4. The molecule has 0 aliphatic rings. The molecule has 1 rings (SSSR count). The second-order valence-corrected chi connectivity index (χ2v) is 5.36. The van der Waals surface area contributed by atoms with E-state index >= 15 is 0 Å². The summed E-state index contributed by atoms with van der Waals surface area (Å²) in [6.07, 6.45) is 2.00. The molecule has 0 saturated heterocycles. The Morgan fingerprint density at radius 1 is 1.20 bits per heavy atom. The van der Waals surface area contributed by atoms with Crippen molar-refractivity contribution in [3.05, 3.63) is 17.0 Å². The maximum Gasteiger partial charge on any atom is 0.236 e. The molecule has 1 amide bonds. The Hall–Kier alpha value is -1.36. The number of hydrogen-bond acceptors (Lipinski definition) is 4.